The molecule has 0 aliphatic heterocycles. The molecule has 1 N–H and O–H groups in total. The molecule has 0 bridgehead atoms. The van der Waals surface area contributed by atoms with Crippen LogP contribution >= 0.6 is 0 Å². The van der Waals surface area contributed by atoms with Gasteiger partial charge in [0.2, 0.25) is 10.0 Å². The second-order valence-corrected chi connectivity index (χ2v) is 9.11. The lowest BCUT2D eigenvalue weighted by atomic mass is 10.1. The fraction of sp³-hybridized carbons (Fsp3) is 0.304. The van der Waals surface area contributed by atoms with E-state index in [9.17, 15) is 18.0 Å². The maximum absolute atomic E-state index is 12.3. The molecule has 0 unspecified atom stereocenters. The number of carbonyl (C=O) groups excluding carboxylic acids is 1. The zero-order valence-electron chi connectivity index (χ0n) is 17.7. The summed E-state index contributed by atoms with van der Waals surface area (Å²) in [5, 5.41) is 0.793. The van der Waals surface area contributed by atoms with Gasteiger partial charge in [-0.2, -0.15) is 0 Å². The Morgan fingerprint density at radius 2 is 1.81 bits per heavy atom. The Hall–Kier alpha value is -2.97. The van der Waals surface area contributed by atoms with E-state index < -0.39 is 21.6 Å². The fourth-order valence-electron chi connectivity index (χ4n) is 3.18. The molecule has 1 heterocycles. The molecule has 0 spiro atoms. The van der Waals surface area contributed by atoms with Gasteiger partial charge in [-0.25, -0.2) is 17.9 Å². The average molecular weight is 444 g/mol. The van der Waals surface area contributed by atoms with Crippen molar-refractivity contribution in [3.63, 3.8) is 0 Å². The molecule has 1 aromatic heterocycles. The predicted octanol–water partition coefficient (Wildman–Crippen LogP) is 3.64. The van der Waals surface area contributed by atoms with Crippen molar-refractivity contribution >= 4 is 27.0 Å². The van der Waals surface area contributed by atoms with Crippen LogP contribution in [-0.2, 0) is 21.2 Å². The number of hydrogen-bond acceptors (Lipinski definition) is 6. The predicted molar refractivity (Wildman–Crippen MR) is 118 cm³/mol. The molecule has 2 aromatic carbocycles. The van der Waals surface area contributed by atoms with Gasteiger partial charge in [-0.3, -0.25) is 4.79 Å². The lowest BCUT2D eigenvalue weighted by Gasteiger charge is -2.11. The van der Waals surface area contributed by atoms with E-state index >= 15 is 0 Å². The molecule has 8 heteroatoms. The first kappa shape index (κ1) is 22.7. The van der Waals surface area contributed by atoms with Crippen LogP contribution in [0.2, 0.25) is 0 Å². The van der Waals surface area contributed by atoms with Crippen LogP contribution in [-0.4, -0.2) is 20.9 Å². The number of fused-ring (bicyclic) bond motifs is 1. The highest BCUT2D eigenvalue weighted by Gasteiger charge is 2.15. The monoisotopic (exact) mass is 443 g/mol. The highest BCUT2D eigenvalue weighted by atomic mass is 32.2. The minimum Gasteiger partial charge on any atom is -0.426 e. The lowest BCUT2D eigenvalue weighted by molar-refractivity contribution is -0.134. The van der Waals surface area contributed by atoms with Crippen LogP contribution in [0.15, 0.2) is 56.6 Å². The molecule has 0 aliphatic carbocycles. The smallest absolute Gasteiger partial charge is 0.336 e. The minimum atomic E-state index is -3.62. The first-order valence-corrected chi connectivity index (χ1v) is 11.5. The van der Waals surface area contributed by atoms with Crippen LogP contribution in [0, 0.1) is 13.8 Å². The van der Waals surface area contributed by atoms with Gasteiger partial charge in [-0.1, -0.05) is 24.6 Å². The van der Waals surface area contributed by atoms with Gasteiger partial charge in [0, 0.05) is 30.5 Å². The Bertz CT molecular complexity index is 1260. The van der Waals surface area contributed by atoms with Gasteiger partial charge >= 0.3 is 11.6 Å². The molecule has 164 valence electrons. The third kappa shape index (κ3) is 5.59. The zero-order chi connectivity index (χ0) is 22.6. The van der Waals surface area contributed by atoms with E-state index in [1.54, 1.807) is 18.2 Å². The Kier molecular flexibility index (Phi) is 6.92. The van der Waals surface area contributed by atoms with Gasteiger partial charge in [0.15, 0.2) is 0 Å². The van der Waals surface area contributed by atoms with Crippen LogP contribution in [0.25, 0.3) is 11.0 Å². The largest absolute Gasteiger partial charge is 0.426 e. The van der Waals surface area contributed by atoms with Crippen molar-refractivity contribution in [3.05, 3.63) is 69.6 Å². The summed E-state index contributed by atoms with van der Waals surface area (Å²) in [6, 6.07) is 11.4. The molecule has 7 nitrogen and oxygen atoms in total. The van der Waals surface area contributed by atoms with Gasteiger partial charge in [0.1, 0.15) is 11.3 Å². The summed E-state index contributed by atoms with van der Waals surface area (Å²) >= 11 is 0. The van der Waals surface area contributed by atoms with E-state index in [0.29, 0.717) is 17.8 Å². The number of ether oxygens (including phenoxy) is 1. The Morgan fingerprint density at radius 3 is 2.48 bits per heavy atom. The fourth-order valence-corrected chi connectivity index (χ4v) is 4.25. The SMILES string of the molecule is CCc1cc2c(C)cc(=O)oc2cc1OC(=O)CCCNS(=O)(=O)c1ccc(C)cc1. The first-order valence-electron chi connectivity index (χ1n) is 10.0. The number of nitrogens with one attached hydrogen (secondary N) is 1. The summed E-state index contributed by atoms with van der Waals surface area (Å²) in [5.41, 5.74) is 2.47. The van der Waals surface area contributed by atoms with Crippen LogP contribution in [0.5, 0.6) is 5.75 Å². The zero-order valence-corrected chi connectivity index (χ0v) is 18.5. The molecule has 31 heavy (non-hydrogen) atoms. The standard InChI is InChI=1S/C23H25NO6S/c1-4-17-13-19-16(3)12-23(26)30-21(19)14-20(17)29-22(25)6-5-11-24-31(27,28)18-9-7-15(2)8-10-18/h7-10,12-14,24H,4-6,11H2,1-3H3. The summed E-state index contributed by atoms with van der Waals surface area (Å²) < 4.78 is 37.7. The number of hydrogen-bond donors (Lipinski definition) is 1. The Morgan fingerprint density at radius 1 is 1.10 bits per heavy atom. The number of aryl methyl sites for hydroxylation is 3. The molecular formula is C23H25NO6S. The van der Waals surface area contributed by atoms with Crippen molar-refractivity contribution in [2.45, 2.75) is 44.9 Å². The van der Waals surface area contributed by atoms with Crippen molar-refractivity contribution < 1.29 is 22.4 Å². The highest BCUT2D eigenvalue weighted by Crippen LogP contribution is 2.28. The lowest BCUT2D eigenvalue weighted by Crippen LogP contribution is -2.25. The van der Waals surface area contributed by atoms with Crippen molar-refractivity contribution in [2.24, 2.45) is 0 Å². The van der Waals surface area contributed by atoms with Crippen LogP contribution in [0.1, 0.15) is 36.5 Å². The maximum Gasteiger partial charge on any atom is 0.336 e. The molecule has 0 radical (unpaired) electrons. The third-order valence-electron chi connectivity index (χ3n) is 4.92. The number of carbonyl (C=O) groups is 1. The molecular weight excluding hydrogens is 418 g/mol. The summed E-state index contributed by atoms with van der Waals surface area (Å²) in [6.07, 6.45) is 0.954. The van der Waals surface area contributed by atoms with Gasteiger partial charge in [0.05, 0.1) is 4.90 Å². The summed E-state index contributed by atoms with van der Waals surface area (Å²) in [4.78, 5) is 24.1. The molecule has 0 amide bonds. The van der Waals surface area contributed by atoms with E-state index in [-0.39, 0.29) is 24.3 Å². The van der Waals surface area contributed by atoms with E-state index in [4.69, 9.17) is 9.15 Å². The molecule has 0 aliphatic rings. The normalized spacial score (nSPS) is 11.6. The number of sulfonamides is 1. The average Bonchev–Trinajstić information content (AvgIpc) is 2.71. The number of esters is 1. The molecule has 0 saturated heterocycles. The van der Waals surface area contributed by atoms with Crippen LogP contribution in [0.3, 0.4) is 0 Å². The van der Waals surface area contributed by atoms with Gasteiger partial charge in [0.25, 0.3) is 0 Å². The number of benzene rings is 2. The van der Waals surface area contributed by atoms with Gasteiger partial charge in [-0.05, 0) is 56.0 Å². The van der Waals surface area contributed by atoms with Crippen molar-refractivity contribution in [2.75, 3.05) is 6.54 Å². The first-order chi connectivity index (χ1) is 14.7. The Balaban J connectivity index is 1.61. The van der Waals surface area contributed by atoms with E-state index in [0.717, 1.165) is 22.1 Å². The maximum atomic E-state index is 12.3. The summed E-state index contributed by atoms with van der Waals surface area (Å²) in [6.45, 7) is 5.75. The quantitative estimate of drug-likeness (QED) is 0.247. The van der Waals surface area contributed by atoms with E-state index in [1.165, 1.54) is 18.2 Å². The molecule has 0 atom stereocenters. The highest BCUT2D eigenvalue weighted by molar-refractivity contribution is 7.89. The second-order valence-electron chi connectivity index (χ2n) is 7.35. The van der Waals surface area contributed by atoms with Gasteiger partial charge < -0.3 is 9.15 Å². The van der Waals surface area contributed by atoms with E-state index in [1.807, 2.05) is 26.8 Å². The summed E-state index contributed by atoms with van der Waals surface area (Å²) in [5.74, 6) is -0.146. The van der Waals surface area contributed by atoms with Crippen LogP contribution in [0.4, 0.5) is 0 Å². The molecule has 3 aromatic rings. The molecule has 0 fully saturated rings. The van der Waals surface area contributed by atoms with Crippen molar-refractivity contribution in [1.82, 2.24) is 4.72 Å². The second kappa shape index (κ2) is 9.45. The van der Waals surface area contributed by atoms with Crippen molar-refractivity contribution in [3.8, 4) is 5.75 Å². The third-order valence-corrected chi connectivity index (χ3v) is 6.40. The van der Waals surface area contributed by atoms with Crippen molar-refractivity contribution in [1.29, 1.82) is 0 Å². The van der Waals surface area contributed by atoms with Gasteiger partial charge in [-0.15, -0.1) is 0 Å². The Labute approximate surface area is 181 Å². The molecule has 3 rings (SSSR count). The van der Waals surface area contributed by atoms with E-state index in [2.05, 4.69) is 4.72 Å². The van der Waals surface area contributed by atoms with Crippen LogP contribution < -0.4 is 15.1 Å². The minimum absolute atomic E-state index is 0.0371. The topological polar surface area (TPSA) is 103 Å². The number of rotatable bonds is 8. The summed E-state index contributed by atoms with van der Waals surface area (Å²) in [7, 11) is -3.62. The molecule has 0 saturated carbocycles.